The summed E-state index contributed by atoms with van der Waals surface area (Å²) in [6.45, 7) is 6.19. The van der Waals surface area contributed by atoms with Crippen LogP contribution in [0.1, 0.15) is 63.4 Å². The molecule has 0 unspecified atom stereocenters. The van der Waals surface area contributed by atoms with Gasteiger partial charge in [0.2, 0.25) is 5.91 Å². The topological polar surface area (TPSA) is 32.8 Å². The number of ether oxygens (including phenoxy) is 1. The van der Waals surface area contributed by atoms with Crippen molar-refractivity contribution < 1.29 is 9.53 Å². The van der Waals surface area contributed by atoms with Crippen LogP contribution in [0.3, 0.4) is 0 Å². The van der Waals surface area contributed by atoms with Crippen LogP contribution in [0.15, 0.2) is 24.3 Å². The highest BCUT2D eigenvalue weighted by atomic mass is 16.5. The van der Waals surface area contributed by atoms with Crippen molar-refractivity contribution in [1.29, 1.82) is 0 Å². The highest BCUT2D eigenvalue weighted by Crippen LogP contribution is 2.41. The van der Waals surface area contributed by atoms with Crippen molar-refractivity contribution in [2.75, 3.05) is 39.3 Å². The SMILES string of the molecule is O=C(C1CC1)N1CCC2(CCCCc3ccccc3OCCN(CC3CC3)C2)CC1. The fraction of sp³-hybridized carbons (Fsp3) is 0.731. The van der Waals surface area contributed by atoms with Gasteiger partial charge in [0.05, 0.1) is 0 Å². The molecule has 1 aromatic rings. The van der Waals surface area contributed by atoms with Crippen molar-refractivity contribution in [1.82, 2.24) is 9.80 Å². The van der Waals surface area contributed by atoms with Crippen molar-refractivity contribution >= 4 is 5.91 Å². The van der Waals surface area contributed by atoms with Crippen LogP contribution in [0.2, 0.25) is 0 Å². The zero-order chi connectivity index (χ0) is 20.4. The second-order valence-electron chi connectivity index (χ2n) is 10.4. The Hall–Kier alpha value is -1.55. The Labute approximate surface area is 182 Å². The van der Waals surface area contributed by atoms with Gasteiger partial charge in [-0.1, -0.05) is 24.6 Å². The molecule has 4 heteroatoms. The number of amides is 1. The lowest BCUT2D eigenvalue weighted by molar-refractivity contribution is -0.135. The lowest BCUT2D eigenvalue weighted by Crippen LogP contribution is -2.49. The van der Waals surface area contributed by atoms with E-state index in [9.17, 15) is 4.79 Å². The van der Waals surface area contributed by atoms with Gasteiger partial charge in [-0.05, 0) is 80.8 Å². The van der Waals surface area contributed by atoms with E-state index >= 15 is 0 Å². The number of hydrogen-bond donors (Lipinski definition) is 0. The maximum Gasteiger partial charge on any atom is 0.225 e. The van der Waals surface area contributed by atoms with Gasteiger partial charge in [0.15, 0.2) is 0 Å². The number of rotatable bonds is 3. The fourth-order valence-corrected chi connectivity index (χ4v) is 5.60. The van der Waals surface area contributed by atoms with E-state index in [4.69, 9.17) is 4.74 Å². The molecule has 0 atom stereocenters. The summed E-state index contributed by atoms with van der Waals surface area (Å²) in [5.41, 5.74) is 1.75. The molecule has 2 heterocycles. The summed E-state index contributed by atoms with van der Waals surface area (Å²) in [4.78, 5) is 17.5. The molecule has 1 saturated heterocycles. The van der Waals surface area contributed by atoms with Gasteiger partial charge in [-0.3, -0.25) is 9.69 Å². The van der Waals surface area contributed by atoms with E-state index in [0.29, 0.717) is 17.2 Å². The predicted molar refractivity (Wildman–Crippen MR) is 120 cm³/mol. The van der Waals surface area contributed by atoms with Gasteiger partial charge in [-0.15, -0.1) is 0 Å². The van der Waals surface area contributed by atoms with E-state index in [0.717, 1.165) is 57.2 Å². The first-order valence-electron chi connectivity index (χ1n) is 12.4. The van der Waals surface area contributed by atoms with Crippen LogP contribution in [-0.2, 0) is 11.2 Å². The zero-order valence-corrected chi connectivity index (χ0v) is 18.5. The molecule has 5 rings (SSSR count). The quantitative estimate of drug-likeness (QED) is 0.734. The second-order valence-corrected chi connectivity index (χ2v) is 10.4. The first-order valence-corrected chi connectivity index (χ1v) is 12.4. The number of nitrogens with zero attached hydrogens (tertiary/aromatic N) is 2. The number of carbonyl (C=O) groups excluding carboxylic acids is 1. The van der Waals surface area contributed by atoms with Crippen LogP contribution in [-0.4, -0.2) is 55.0 Å². The third-order valence-electron chi connectivity index (χ3n) is 7.88. The molecule has 0 radical (unpaired) electrons. The summed E-state index contributed by atoms with van der Waals surface area (Å²) in [5.74, 6) is 2.79. The lowest BCUT2D eigenvalue weighted by Gasteiger charge is -2.45. The molecule has 0 aromatic heterocycles. The van der Waals surface area contributed by atoms with E-state index in [-0.39, 0.29) is 0 Å². The molecule has 0 bridgehead atoms. The zero-order valence-electron chi connectivity index (χ0n) is 18.5. The third kappa shape index (κ3) is 5.01. The molecule has 2 saturated carbocycles. The first-order chi connectivity index (χ1) is 14.7. The number of para-hydroxylation sites is 1. The molecule has 1 spiro atoms. The van der Waals surface area contributed by atoms with Gasteiger partial charge >= 0.3 is 0 Å². The molecule has 4 nitrogen and oxygen atoms in total. The van der Waals surface area contributed by atoms with E-state index < -0.39 is 0 Å². The number of hydrogen-bond acceptors (Lipinski definition) is 3. The highest BCUT2D eigenvalue weighted by Gasteiger charge is 2.41. The minimum absolute atomic E-state index is 0.360. The molecule has 3 fully saturated rings. The fourth-order valence-electron chi connectivity index (χ4n) is 5.60. The third-order valence-corrected chi connectivity index (χ3v) is 7.88. The standard InChI is InChI=1S/C26H38N2O2/c29-25(23-10-11-23)28-15-13-26(14-16-28)12-4-3-6-22-5-1-2-7-24(22)30-18-17-27(20-26)19-21-8-9-21/h1-2,5,7,21,23H,3-4,6,8-20H2. The summed E-state index contributed by atoms with van der Waals surface area (Å²) in [6, 6.07) is 8.61. The number of benzene rings is 1. The molecule has 0 N–H and O–H groups in total. The monoisotopic (exact) mass is 410 g/mol. The Morgan fingerprint density at radius 1 is 1.00 bits per heavy atom. The summed E-state index contributed by atoms with van der Waals surface area (Å²) < 4.78 is 6.26. The molecule has 164 valence electrons. The molecule has 1 amide bonds. The number of aryl methyl sites for hydroxylation is 1. The molecule has 1 aromatic carbocycles. The molecular weight excluding hydrogens is 372 g/mol. The maximum absolute atomic E-state index is 12.6. The van der Waals surface area contributed by atoms with Crippen LogP contribution >= 0.6 is 0 Å². The largest absolute Gasteiger partial charge is 0.492 e. The molecule has 2 aliphatic heterocycles. The van der Waals surface area contributed by atoms with Crippen molar-refractivity contribution in [3.63, 3.8) is 0 Å². The van der Waals surface area contributed by atoms with Crippen LogP contribution in [0.4, 0.5) is 0 Å². The van der Waals surface area contributed by atoms with Gasteiger partial charge in [0, 0.05) is 38.6 Å². The maximum atomic E-state index is 12.6. The average Bonchev–Trinajstić information content (AvgIpc) is 3.66. The Morgan fingerprint density at radius 2 is 1.80 bits per heavy atom. The molecule has 2 aliphatic carbocycles. The molecule has 4 aliphatic rings. The van der Waals surface area contributed by atoms with Gasteiger partial charge < -0.3 is 9.64 Å². The minimum atomic E-state index is 0.360. The predicted octanol–water partition coefficient (Wildman–Crippen LogP) is 4.52. The van der Waals surface area contributed by atoms with Gasteiger partial charge in [-0.2, -0.15) is 0 Å². The van der Waals surface area contributed by atoms with Crippen LogP contribution < -0.4 is 4.74 Å². The van der Waals surface area contributed by atoms with Crippen LogP contribution in [0.25, 0.3) is 0 Å². The lowest BCUT2D eigenvalue weighted by atomic mass is 9.73. The van der Waals surface area contributed by atoms with Crippen molar-refractivity contribution in [2.24, 2.45) is 17.3 Å². The van der Waals surface area contributed by atoms with Crippen molar-refractivity contribution in [3.8, 4) is 5.75 Å². The summed E-state index contributed by atoms with van der Waals surface area (Å²) in [5, 5.41) is 0. The van der Waals surface area contributed by atoms with Crippen molar-refractivity contribution in [2.45, 2.75) is 64.2 Å². The number of piperidine rings is 1. The van der Waals surface area contributed by atoms with E-state index in [2.05, 4.69) is 34.1 Å². The number of fused-ring (bicyclic) bond motifs is 1. The average molecular weight is 411 g/mol. The number of carbonyl (C=O) groups is 1. The van der Waals surface area contributed by atoms with Crippen molar-refractivity contribution in [3.05, 3.63) is 29.8 Å². The van der Waals surface area contributed by atoms with Crippen LogP contribution in [0.5, 0.6) is 5.75 Å². The smallest absolute Gasteiger partial charge is 0.225 e. The summed E-state index contributed by atoms with van der Waals surface area (Å²) in [7, 11) is 0. The first kappa shape index (κ1) is 20.4. The Kier molecular flexibility index (Phi) is 6.04. The second kappa shape index (κ2) is 8.90. The van der Waals surface area contributed by atoms with E-state index in [1.807, 2.05) is 0 Å². The Morgan fingerprint density at radius 3 is 2.57 bits per heavy atom. The molecular formula is C26H38N2O2. The number of likely N-dealkylation sites (tertiary alicyclic amines) is 1. The van der Waals surface area contributed by atoms with E-state index in [1.54, 1.807) is 0 Å². The summed E-state index contributed by atoms with van der Waals surface area (Å²) in [6.07, 6.45) is 12.3. The minimum Gasteiger partial charge on any atom is -0.492 e. The molecule has 30 heavy (non-hydrogen) atoms. The highest BCUT2D eigenvalue weighted by molar-refractivity contribution is 5.81. The summed E-state index contributed by atoms with van der Waals surface area (Å²) >= 11 is 0. The van der Waals surface area contributed by atoms with Gasteiger partial charge in [0.25, 0.3) is 0 Å². The normalized spacial score (nSPS) is 25.7. The Bertz CT molecular complexity index is 732. The van der Waals surface area contributed by atoms with Gasteiger partial charge in [0.1, 0.15) is 12.4 Å². The van der Waals surface area contributed by atoms with Crippen LogP contribution in [0, 0.1) is 17.3 Å². The van der Waals surface area contributed by atoms with Gasteiger partial charge in [-0.25, -0.2) is 0 Å². The van der Waals surface area contributed by atoms with E-state index in [1.165, 1.54) is 63.6 Å². The Balaban J connectivity index is 1.28.